The van der Waals surface area contributed by atoms with Crippen molar-refractivity contribution in [1.29, 1.82) is 0 Å². The number of fused-ring (bicyclic) bond motifs is 1. The van der Waals surface area contributed by atoms with E-state index in [1.54, 1.807) is 24.4 Å². The highest BCUT2D eigenvalue weighted by atomic mass is 79.9. The largest absolute Gasteiger partial charge is 0.481 e. The van der Waals surface area contributed by atoms with Gasteiger partial charge in [0.25, 0.3) is 0 Å². The Kier molecular flexibility index (Phi) is 5.40. The Morgan fingerprint density at radius 2 is 1.92 bits per heavy atom. The minimum atomic E-state index is -0.630. The summed E-state index contributed by atoms with van der Waals surface area (Å²) in [4.78, 5) is 27.0. The molecule has 25 heavy (non-hydrogen) atoms. The highest BCUT2D eigenvalue weighted by Crippen LogP contribution is 2.27. The average Bonchev–Trinajstić information content (AvgIpc) is 3.03. The highest BCUT2D eigenvalue weighted by molar-refractivity contribution is 9.10. The molecule has 0 radical (unpaired) electrons. The zero-order valence-corrected chi connectivity index (χ0v) is 15.3. The van der Waals surface area contributed by atoms with Crippen molar-refractivity contribution in [3.05, 3.63) is 63.7 Å². The van der Waals surface area contributed by atoms with Gasteiger partial charge in [0.1, 0.15) is 5.75 Å². The maximum Gasteiger partial charge on any atom is 0.344 e. The molecule has 0 saturated heterocycles. The second kappa shape index (κ2) is 7.72. The molecule has 0 aliphatic carbocycles. The quantitative estimate of drug-likeness (QED) is 0.472. The number of ketones is 1. The van der Waals surface area contributed by atoms with E-state index < -0.39 is 5.97 Å². The van der Waals surface area contributed by atoms with Crippen LogP contribution in [-0.2, 0) is 9.53 Å². The molecule has 3 aromatic rings. The number of aromatic amines is 1. The third kappa shape index (κ3) is 4.21. The molecule has 7 heteroatoms. The van der Waals surface area contributed by atoms with E-state index in [0.717, 1.165) is 10.9 Å². The van der Waals surface area contributed by atoms with Crippen LogP contribution >= 0.6 is 27.5 Å². The van der Waals surface area contributed by atoms with Crippen molar-refractivity contribution in [2.45, 2.75) is 0 Å². The standard InChI is InChI=1S/C18H13BrClNO4/c19-14-7-11(20)5-6-17(14)24-10-18(23)25-9-16(22)13-8-21-15-4-2-1-3-12(13)15/h1-8,21H,9-10H2. The molecule has 0 amide bonds. The molecular formula is C18H13BrClNO4. The maximum absolute atomic E-state index is 12.2. The number of carbonyl (C=O) groups is 2. The lowest BCUT2D eigenvalue weighted by molar-refractivity contribution is -0.144. The summed E-state index contributed by atoms with van der Waals surface area (Å²) in [5.41, 5.74) is 1.35. The molecule has 1 heterocycles. The number of aromatic nitrogens is 1. The van der Waals surface area contributed by atoms with Crippen molar-refractivity contribution in [1.82, 2.24) is 4.98 Å². The highest BCUT2D eigenvalue weighted by Gasteiger charge is 2.15. The van der Waals surface area contributed by atoms with Gasteiger partial charge in [0.05, 0.1) is 4.47 Å². The number of rotatable bonds is 6. The lowest BCUT2D eigenvalue weighted by Gasteiger charge is -2.08. The molecule has 0 aliphatic rings. The van der Waals surface area contributed by atoms with E-state index in [-0.39, 0.29) is 19.0 Å². The minimum Gasteiger partial charge on any atom is -0.481 e. The van der Waals surface area contributed by atoms with E-state index in [1.165, 1.54) is 0 Å². The molecule has 2 aromatic carbocycles. The average molecular weight is 423 g/mol. The number of hydrogen-bond donors (Lipinski definition) is 1. The molecule has 0 saturated carbocycles. The SMILES string of the molecule is O=C(COc1ccc(Cl)cc1Br)OCC(=O)c1c[nH]c2ccccc12. The van der Waals surface area contributed by atoms with Crippen LogP contribution in [0.1, 0.15) is 10.4 Å². The van der Waals surface area contributed by atoms with Gasteiger partial charge in [-0.15, -0.1) is 0 Å². The fourth-order valence-corrected chi connectivity index (χ4v) is 3.09. The number of ether oxygens (including phenoxy) is 2. The third-order valence-corrected chi connectivity index (χ3v) is 4.35. The minimum absolute atomic E-state index is 0.279. The molecular weight excluding hydrogens is 410 g/mol. The summed E-state index contributed by atoms with van der Waals surface area (Å²) in [6.45, 7) is -0.646. The first-order valence-corrected chi connectivity index (χ1v) is 8.54. The van der Waals surface area contributed by atoms with Gasteiger partial charge in [0.2, 0.25) is 5.78 Å². The number of para-hydroxylation sites is 1. The normalized spacial score (nSPS) is 10.6. The summed E-state index contributed by atoms with van der Waals surface area (Å²) in [6, 6.07) is 12.4. The smallest absolute Gasteiger partial charge is 0.344 e. The topological polar surface area (TPSA) is 68.4 Å². The Labute approximate surface area is 157 Å². The zero-order chi connectivity index (χ0) is 17.8. The number of nitrogens with one attached hydrogen (secondary N) is 1. The van der Waals surface area contributed by atoms with Crippen LogP contribution in [0.5, 0.6) is 5.75 Å². The Hall–Kier alpha value is -2.31. The summed E-state index contributed by atoms with van der Waals surface area (Å²) >= 11 is 9.13. The van der Waals surface area contributed by atoms with Crippen LogP contribution in [0.4, 0.5) is 0 Å². The number of Topliss-reactive ketones (excluding diaryl/α,β-unsaturated/α-hetero) is 1. The van der Waals surface area contributed by atoms with E-state index in [4.69, 9.17) is 21.1 Å². The predicted molar refractivity (Wildman–Crippen MR) is 98.2 cm³/mol. The molecule has 0 unspecified atom stereocenters. The van der Waals surface area contributed by atoms with E-state index in [2.05, 4.69) is 20.9 Å². The van der Waals surface area contributed by atoms with Gasteiger partial charge in [-0.1, -0.05) is 29.8 Å². The summed E-state index contributed by atoms with van der Waals surface area (Å²) in [5, 5.41) is 1.34. The lowest BCUT2D eigenvalue weighted by atomic mass is 10.1. The van der Waals surface area contributed by atoms with Crippen LogP contribution in [0.15, 0.2) is 53.1 Å². The molecule has 0 fully saturated rings. The summed E-state index contributed by atoms with van der Waals surface area (Å²) in [5.74, 6) is -0.446. The first kappa shape index (κ1) is 17.5. The van der Waals surface area contributed by atoms with Gasteiger partial charge in [-0.05, 0) is 40.2 Å². The maximum atomic E-state index is 12.2. The second-order valence-electron chi connectivity index (χ2n) is 5.20. The molecule has 1 N–H and O–H groups in total. The third-order valence-electron chi connectivity index (χ3n) is 3.49. The van der Waals surface area contributed by atoms with Gasteiger partial charge in [0.15, 0.2) is 13.2 Å². The van der Waals surface area contributed by atoms with Gasteiger partial charge in [-0.3, -0.25) is 4.79 Å². The summed E-state index contributed by atoms with van der Waals surface area (Å²) in [6.07, 6.45) is 1.61. The molecule has 0 bridgehead atoms. The van der Waals surface area contributed by atoms with Crippen molar-refractivity contribution in [2.75, 3.05) is 13.2 Å². The van der Waals surface area contributed by atoms with E-state index in [9.17, 15) is 9.59 Å². The van der Waals surface area contributed by atoms with Gasteiger partial charge in [0, 0.05) is 27.7 Å². The molecule has 0 atom stereocenters. The van der Waals surface area contributed by atoms with E-state index in [1.807, 2.05) is 24.3 Å². The van der Waals surface area contributed by atoms with Gasteiger partial charge in [-0.2, -0.15) is 0 Å². The van der Waals surface area contributed by atoms with Crippen molar-refractivity contribution >= 4 is 50.2 Å². The van der Waals surface area contributed by atoms with E-state index in [0.29, 0.717) is 20.8 Å². The Bertz CT molecular complexity index is 938. The van der Waals surface area contributed by atoms with Crippen LogP contribution in [0, 0.1) is 0 Å². The Morgan fingerprint density at radius 3 is 2.72 bits per heavy atom. The molecule has 5 nitrogen and oxygen atoms in total. The van der Waals surface area contributed by atoms with Crippen molar-refractivity contribution in [3.8, 4) is 5.75 Å². The number of esters is 1. The van der Waals surface area contributed by atoms with Crippen LogP contribution in [0.25, 0.3) is 10.9 Å². The number of benzene rings is 2. The van der Waals surface area contributed by atoms with Crippen molar-refractivity contribution in [2.24, 2.45) is 0 Å². The number of H-pyrrole nitrogens is 1. The fourth-order valence-electron chi connectivity index (χ4n) is 2.30. The van der Waals surface area contributed by atoms with Gasteiger partial charge in [-0.25, -0.2) is 4.79 Å². The zero-order valence-electron chi connectivity index (χ0n) is 12.9. The van der Waals surface area contributed by atoms with Crippen molar-refractivity contribution in [3.63, 3.8) is 0 Å². The number of halogens is 2. The molecule has 0 spiro atoms. The molecule has 0 aliphatic heterocycles. The van der Waals surface area contributed by atoms with Crippen LogP contribution in [0.2, 0.25) is 5.02 Å². The Balaban J connectivity index is 1.54. The first-order chi connectivity index (χ1) is 12.0. The summed E-state index contributed by atoms with van der Waals surface area (Å²) in [7, 11) is 0. The molecule has 128 valence electrons. The van der Waals surface area contributed by atoms with Gasteiger partial charge >= 0.3 is 5.97 Å². The predicted octanol–water partition coefficient (Wildman–Crippen LogP) is 4.39. The van der Waals surface area contributed by atoms with E-state index >= 15 is 0 Å². The van der Waals surface area contributed by atoms with Crippen LogP contribution < -0.4 is 4.74 Å². The fraction of sp³-hybridized carbons (Fsp3) is 0.111. The second-order valence-corrected chi connectivity index (χ2v) is 6.49. The van der Waals surface area contributed by atoms with Gasteiger partial charge < -0.3 is 14.5 Å². The first-order valence-electron chi connectivity index (χ1n) is 7.37. The Morgan fingerprint density at radius 1 is 1.12 bits per heavy atom. The van der Waals surface area contributed by atoms with Crippen LogP contribution in [-0.4, -0.2) is 30.0 Å². The lowest BCUT2D eigenvalue weighted by Crippen LogP contribution is -2.19. The monoisotopic (exact) mass is 421 g/mol. The number of carbonyl (C=O) groups excluding carboxylic acids is 2. The molecule has 3 rings (SSSR count). The summed E-state index contributed by atoms with van der Waals surface area (Å²) < 4.78 is 11.0. The van der Waals surface area contributed by atoms with Crippen LogP contribution in [0.3, 0.4) is 0 Å². The number of hydrogen-bond acceptors (Lipinski definition) is 4. The van der Waals surface area contributed by atoms with Crippen molar-refractivity contribution < 1.29 is 19.1 Å². The molecule has 1 aromatic heterocycles.